The van der Waals surface area contributed by atoms with Crippen molar-refractivity contribution in [3.8, 4) is 0 Å². The molecule has 58 heavy (non-hydrogen) atoms. The van der Waals surface area contributed by atoms with Gasteiger partial charge in [0.25, 0.3) is 0 Å². The second kappa shape index (κ2) is 44.0. The quantitative estimate of drug-likeness (QED) is 0.0231. The van der Waals surface area contributed by atoms with Crippen molar-refractivity contribution < 1.29 is 33.5 Å². The molecule has 0 aliphatic rings. The average molecular weight is 843 g/mol. The van der Waals surface area contributed by atoms with Crippen molar-refractivity contribution in [3.05, 3.63) is 24.3 Å². The number of phosphoric acid groups is 1. The minimum atomic E-state index is -4.41. The zero-order valence-corrected chi connectivity index (χ0v) is 38.8. The van der Waals surface area contributed by atoms with Gasteiger partial charge in [0.15, 0.2) is 0 Å². The highest BCUT2D eigenvalue weighted by atomic mass is 31.2. The zero-order chi connectivity index (χ0) is 42.6. The zero-order valence-electron chi connectivity index (χ0n) is 37.9. The number of nitrogens with two attached hydrogens (primary N) is 1. The highest BCUT2D eigenvalue weighted by Gasteiger charge is 2.27. The van der Waals surface area contributed by atoms with Crippen LogP contribution in [0.5, 0.6) is 0 Å². The van der Waals surface area contributed by atoms with Gasteiger partial charge in [-0.3, -0.25) is 13.8 Å². The van der Waals surface area contributed by atoms with E-state index in [0.717, 1.165) is 32.1 Å². The number of hydrogen-bond acceptors (Lipinski definition) is 7. The number of rotatable bonds is 46. The van der Waals surface area contributed by atoms with Gasteiger partial charge in [0.1, 0.15) is 0 Å². The molecule has 9 nitrogen and oxygen atoms in total. The van der Waals surface area contributed by atoms with Crippen molar-refractivity contribution in [3.63, 3.8) is 0 Å². The van der Waals surface area contributed by atoms with E-state index in [0.29, 0.717) is 12.8 Å². The molecule has 0 aliphatic heterocycles. The molecule has 0 radical (unpaired) electrons. The largest absolute Gasteiger partial charge is 0.472 e. The summed E-state index contributed by atoms with van der Waals surface area (Å²) < 4.78 is 22.1. The van der Waals surface area contributed by atoms with Gasteiger partial charge in [-0.15, -0.1) is 0 Å². The standard InChI is InChI=1S/C48H95N2O7P/c1-3-5-7-9-11-13-15-17-19-21-22-24-26-28-30-32-34-36-38-40-47(52)46(44-57-58(54,55)56-42-41-49)50-48(53)43-45(51)39-37-35-33-31-29-27-25-23-20-18-16-14-12-10-8-6-4-2/h30,32,38,40,45-47,51-52H,3-29,31,33-37,39,41-44,49H2,1-2H3,(H,50,53)(H,54,55)/b32-30+,40-38+. The summed E-state index contributed by atoms with van der Waals surface area (Å²) in [5.41, 5.74) is 5.37. The SMILES string of the molecule is CCCCCCCCCCCCCCC/C=C/CC/C=C/C(O)C(COP(=O)(O)OCCN)NC(=O)CC(O)CCCCCCCCCCCCCCCCCCC. The number of aliphatic hydroxyl groups is 2. The van der Waals surface area contributed by atoms with Gasteiger partial charge in [0.2, 0.25) is 5.91 Å². The van der Waals surface area contributed by atoms with Crippen molar-refractivity contribution in [1.82, 2.24) is 5.32 Å². The first-order valence-corrected chi connectivity index (χ1v) is 26.0. The fourth-order valence-corrected chi connectivity index (χ4v) is 8.13. The van der Waals surface area contributed by atoms with Crippen molar-refractivity contribution in [2.24, 2.45) is 5.73 Å². The Kier molecular flexibility index (Phi) is 43.2. The minimum Gasteiger partial charge on any atom is -0.393 e. The molecule has 0 aromatic carbocycles. The fourth-order valence-electron chi connectivity index (χ4n) is 7.37. The van der Waals surface area contributed by atoms with Crippen molar-refractivity contribution in [2.75, 3.05) is 19.8 Å². The first-order chi connectivity index (χ1) is 28.3. The highest BCUT2D eigenvalue weighted by Crippen LogP contribution is 2.43. The van der Waals surface area contributed by atoms with E-state index >= 15 is 0 Å². The first-order valence-electron chi connectivity index (χ1n) is 24.5. The Hall–Kier alpha value is -1.06. The van der Waals surface area contributed by atoms with Crippen LogP contribution in [0.15, 0.2) is 24.3 Å². The summed E-state index contributed by atoms with van der Waals surface area (Å²) in [7, 11) is -4.41. The lowest BCUT2D eigenvalue weighted by molar-refractivity contribution is -0.124. The summed E-state index contributed by atoms with van der Waals surface area (Å²) in [6, 6.07) is -0.996. The number of allylic oxidation sites excluding steroid dienone is 3. The van der Waals surface area contributed by atoms with Gasteiger partial charge in [0.05, 0.1) is 37.9 Å². The Morgan fingerprint density at radius 2 is 0.983 bits per heavy atom. The Bertz CT molecular complexity index is 982. The lowest BCUT2D eigenvalue weighted by Gasteiger charge is -2.24. The minimum absolute atomic E-state index is 0.0462. The first kappa shape index (κ1) is 56.9. The fraction of sp³-hybridized carbons (Fsp3) is 0.896. The number of amides is 1. The maximum absolute atomic E-state index is 12.8. The van der Waals surface area contributed by atoms with E-state index in [2.05, 4.69) is 31.3 Å². The molecule has 0 aromatic rings. The summed E-state index contributed by atoms with van der Waals surface area (Å²) in [5.74, 6) is -0.452. The van der Waals surface area contributed by atoms with Gasteiger partial charge in [-0.1, -0.05) is 224 Å². The van der Waals surface area contributed by atoms with Crippen LogP contribution < -0.4 is 11.1 Å². The third-order valence-corrected chi connectivity index (χ3v) is 12.1. The molecule has 10 heteroatoms. The highest BCUT2D eigenvalue weighted by molar-refractivity contribution is 7.47. The Morgan fingerprint density at radius 3 is 1.43 bits per heavy atom. The number of unbranched alkanes of at least 4 members (excludes halogenated alkanes) is 30. The average Bonchev–Trinajstić information content (AvgIpc) is 3.20. The van der Waals surface area contributed by atoms with E-state index in [1.807, 2.05) is 6.08 Å². The van der Waals surface area contributed by atoms with Gasteiger partial charge >= 0.3 is 7.82 Å². The van der Waals surface area contributed by atoms with E-state index in [1.165, 1.54) is 173 Å². The molecular formula is C48H95N2O7P. The Labute approximate surface area is 358 Å². The summed E-state index contributed by atoms with van der Waals surface area (Å²) in [6.07, 6.45) is 48.4. The molecule has 344 valence electrons. The van der Waals surface area contributed by atoms with Crippen LogP contribution in [0.25, 0.3) is 0 Å². The second-order valence-electron chi connectivity index (χ2n) is 16.9. The number of aliphatic hydroxyl groups excluding tert-OH is 2. The van der Waals surface area contributed by atoms with Gasteiger partial charge < -0.3 is 26.2 Å². The van der Waals surface area contributed by atoms with E-state index in [1.54, 1.807) is 6.08 Å². The van der Waals surface area contributed by atoms with Crippen LogP contribution in [0.3, 0.4) is 0 Å². The molecule has 1 amide bonds. The summed E-state index contributed by atoms with van der Waals surface area (Å²) in [6.45, 7) is 3.98. The van der Waals surface area contributed by atoms with E-state index in [-0.39, 0.29) is 19.6 Å². The molecular weight excluding hydrogens is 748 g/mol. The van der Waals surface area contributed by atoms with Crippen LogP contribution in [-0.2, 0) is 18.4 Å². The van der Waals surface area contributed by atoms with E-state index in [4.69, 9.17) is 14.8 Å². The molecule has 0 bridgehead atoms. The van der Waals surface area contributed by atoms with Crippen LogP contribution in [-0.4, -0.2) is 59.0 Å². The molecule has 0 spiro atoms. The van der Waals surface area contributed by atoms with Gasteiger partial charge in [0, 0.05) is 6.54 Å². The molecule has 0 saturated heterocycles. The Balaban J connectivity index is 4.26. The maximum Gasteiger partial charge on any atom is 0.472 e. The van der Waals surface area contributed by atoms with Crippen LogP contribution in [0.4, 0.5) is 0 Å². The molecule has 0 fully saturated rings. The van der Waals surface area contributed by atoms with Crippen LogP contribution in [0, 0.1) is 0 Å². The lowest BCUT2D eigenvalue weighted by Crippen LogP contribution is -2.46. The number of phosphoric ester groups is 1. The molecule has 4 unspecified atom stereocenters. The summed E-state index contributed by atoms with van der Waals surface area (Å²) in [4.78, 5) is 22.8. The third-order valence-electron chi connectivity index (χ3n) is 11.1. The molecule has 0 aliphatic carbocycles. The number of hydrogen-bond donors (Lipinski definition) is 5. The predicted octanol–water partition coefficient (Wildman–Crippen LogP) is 13.1. The number of nitrogens with one attached hydrogen (secondary N) is 1. The van der Waals surface area contributed by atoms with Crippen molar-refractivity contribution >= 4 is 13.7 Å². The smallest absolute Gasteiger partial charge is 0.393 e. The number of carbonyl (C=O) groups excluding carboxylic acids is 1. The lowest BCUT2D eigenvalue weighted by atomic mass is 10.0. The summed E-state index contributed by atoms with van der Waals surface area (Å²) in [5, 5.41) is 24.1. The maximum atomic E-state index is 12.8. The van der Waals surface area contributed by atoms with Gasteiger partial charge in [-0.05, 0) is 32.1 Å². The van der Waals surface area contributed by atoms with Gasteiger partial charge in [-0.25, -0.2) is 4.57 Å². The third kappa shape index (κ3) is 41.7. The van der Waals surface area contributed by atoms with Crippen LogP contribution >= 0.6 is 7.82 Å². The van der Waals surface area contributed by atoms with Crippen molar-refractivity contribution in [2.45, 2.75) is 257 Å². The number of carbonyl (C=O) groups is 1. The molecule has 0 aromatic heterocycles. The molecule has 0 saturated carbocycles. The molecule has 0 heterocycles. The Morgan fingerprint density at radius 1 is 0.586 bits per heavy atom. The van der Waals surface area contributed by atoms with E-state index in [9.17, 15) is 24.5 Å². The van der Waals surface area contributed by atoms with Gasteiger partial charge in [-0.2, -0.15) is 0 Å². The van der Waals surface area contributed by atoms with Crippen LogP contribution in [0.1, 0.15) is 239 Å². The second-order valence-corrected chi connectivity index (χ2v) is 18.3. The molecule has 0 rings (SSSR count). The predicted molar refractivity (Wildman–Crippen MR) is 246 cm³/mol. The van der Waals surface area contributed by atoms with Crippen molar-refractivity contribution in [1.29, 1.82) is 0 Å². The van der Waals surface area contributed by atoms with E-state index < -0.39 is 38.6 Å². The van der Waals surface area contributed by atoms with Crippen LogP contribution in [0.2, 0.25) is 0 Å². The normalized spacial score (nSPS) is 14.7. The molecule has 4 atom stereocenters. The topological polar surface area (TPSA) is 151 Å². The molecule has 6 N–H and O–H groups in total. The summed E-state index contributed by atoms with van der Waals surface area (Å²) >= 11 is 0. The monoisotopic (exact) mass is 843 g/mol.